The molecule has 2 N–H and O–H groups in total. The maximum absolute atomic E-state index is 10.3. The predicted octanol–water partition coefficient (Wildman–Crippen LogP) is -1.06. The van der Waals surface area contributed by atoms with Crippen LogP contribution in [0.3, 0.4) is 0 Å². The Morgan fingerprint density at radius 1 is 1.33 bits per heavy atom. The lowest BCUT2D eigenvalue weighted by atomic mass is 10.3. The summed E-state index contributed by atoms with van der Waals surface area (Å²) in [6.07, 6.45) is -1.01. The average Bonchev–Trinajstić information content (AvgIpc) is 1.49. The highest BCUT2D eigenvalue weighted by atomic mass is 32.2. The SMILES string of the molecule is C[N+](C)(C)CC(O)CS(=O)(=O)O. The van der Waals surface area contributed by atoms with Crippen LogP contribution in [0.4, 0.5) is 0 Å². The molecule has 0 aliphatic carbocycles. The Morgan fingerprint density at radius 2 is 1.75 bits per heavy atom. The van der Waals surface area contributed by atoms with Crippen molar-refractivity contribution in [3.05, 3.63) is 0 Å². The van der Waals surface area contributed by atoms with Crippen LogP contribution in [0.25, 0.3) is 0 Å². The van der Waals surface area contributed by atoms with Crippen molar-refractivity contribution >= 4 is 10.1 Å². The molecule has 12 heavy (non-hydrogen) atoms. The molecule has 0 saturated carbocycles. The molecule has 0 fully saturated rings. The van der Waals surface area contributed by atoms with Gasteiger partial charge < -0.3 is 9.59 Å². The molecule has 0 spiro atoms. The third-order valence-electron chi connectivity index (χ3n) is 1.16. The smallest absolute Gasteiger partial charge is 0.267 e. The van der Waals surface area contributed by atoms with Gasteiger partial charge in [0.1, 0.15) is 18.4 Å². The van der Waals surface area contributed by atoms with E-state index in [-0.39, 0.29) is 0 Å². The van der Waals surface area contributed by atoms with Gasteiger partial charge in [-0.15, -0.1) is 0 Å². The lowest BCUT2D eigenvalue weighted by Gasteiger charge is -2.26. The van der Waals surface area contributed by atoms with Crippen LogP contribution in [0, 0.1) is 0 Å². The maximum atomic E-state index is 10.3. The molecule has 0 radical (unpaired) electrons. The van der Waals surface area contributed by atoms with Gasteiger partial charge in [0.2, 0.25) is 0 Å². The summed E-state index contributed by atoms with van der Waals surface area (Å²) in [5, 5.41) is 9.17. The molecule has 0 aliphatic heterocycles. The van der Waals surface area contributed by atoms with E-state index in [1.165, 1.54) is 0 Å². The van der Waals surface area contributed by atoms with Gasteiger partial charge in [0.25, 0.3) is 10.1 Å². The van der Waals surface area contributed by atoms with Gasteiger partial charge in [-0.05, 0) is 0 Å². The van der Waals surface area contributed by atoms with Gasteiger partial charge in [-0.25, -0.2) is 0 Å². The van der Waals surface area contributed by atoms with Gasteiger partial charge in [0.15, 0.2) is 0 Å². The van der Waals surface area contributed by atoms with Gasteiger partial charge in [-0.1, -0.05) is 0 Å². The van der Waals surface area contributed by atoms with Crippen LogP contribution in [0.2, 0.25) is 0 Å². The Labute approximate surface area is 73.0 Å². The summed E-state index contributed by atoms with van der Waals surface area (Å²) >= 11 is 0. The summed E-state index contributed by atoms with van der Waals surface area (Å²) in [4.78, 5) is 0. The topological polar surface area (TPSA) is 74.6 Å². The molecule has 0 aliphatic rings. The number of quaternary nitrogens is 1. The van der Waals surface area contributed by atoms with E-state index in [4.69, 9.17) is 9.66 Å². The number of aliphatic hydroxyl groups excluding tert-OH is 1. The average molecular weight is 198 g/mol. The number of nitrogens with zero attached hydrogens (tertiary/aromatic N) is 1. The van der Waals surface area contributed by atoms with E-state index in [2.05, 4.69) is 0 Å². The normalized spacial score (nSPS) is 16.1. The predicted molar refractivity (Wildman–Crippen MR) is 45.3 cm³/mol. The second-order valence-corrected chi connectivity index (χ2v) is 5.37. The molecule has 0 saturated heterocycles. The molecule has 0 amide bonds. The quantitative estimate of drug-likeness (QED) is 0.446. The first-order valence-electron chi connectivity index (χ1n) is 3.54. The Bertz CT molecular complexity index is 228. The van der Waals surface area contributed by atoms with Gasteiger partial charge in [-0.2, -0.15) is 8.42 Å². The van der Waals surface area contributed by atoms with Gasteiger partial charge in [0.05, 0.1) is 21.1 Å². The fourth-order valence-corrected chi connectivity index (χ4v) is 1.52. The van der Waals surface area contributed by atoms with Crippen LogP contribution in [-0.4, -0.2) is 62.1 Å². The molecule has 0 heterocycles. The number of aliphatic hydroxyl groups is 1. The molecule has 5 nitrogen and oxygen atoms in total. The van der Waals surface area contributed by atoms with E-state index in [1.54, 1.807) is 0 Å². The Balaban J connectivity index is 4.00. The number of hydrogen-bond acceptors (Lipinski definition) is 3. The minimum Gasteiger partial charge on any atom is -0.386 e. The third kappa shape index (κ3) is 7.93. The van der Waals surface area contributed by atoms with Crippen molar-refractivity contribution in [3.63, 3.8) is 0 Å². The molecular formula is C6H16NO4S+. The molecule has 1 atom stereocenters. The van der Waals surface area contributed by atoms with Gasteiger partial charge >= 0.3 is 0 Å². The number of rotatable bonds is 4. The maximum Gasteiger partial charge on any atom is 0.267 e. The summed E-state index contributed by atoms with van der Waals surface area (Å²) in [6, 6.07) is 0. The van der Waals surface area contributed by atoms with E-state index in [9.17, 15) is 8.42 Å². The zero-order chi connectivity index (χ0) is 9.99. The summed E-state index contributed by atoms with van der Waals surface area (Å²) in [6.45, 7) is 0.291. The highest BCUT2D eigenvalue weighted by Crippen LogP contribution is 1.97. The fraction of sp³-hybridized carbons (Fsp3) is 1.00. The summed E-state index contributed by atoms with van der Waals surface area (Å²) in [7, 11) is 1.42. The first kappa shape index (κ1) is 11.8. The Hall–Kier alpha value is -0.170. The minimum absolute atomic E-state index is 0.291. The van der Waals surface area contributed by atoms with E-state index in [0.29, 0.717) is 11.0 Å². The van der Waals surface area contributed by atoms with Crippen molar-refractivity contribution in [2.45, 2.75) is 6.10 Å². The molecule has 0 rings (SSSR count). The van der Waals surface area contributed by atoms with Crippen molar-refractivity contribution < 1.29 is 22.6 Å². The largest absolute Gasteiger partial charge is 0.386 e. The van der Waals surface area contributed by atoms with Crippen LogP contribution in [0.5, 0.6) is 0 Å². The minimum atomic E-state index is -4.06. The summed E-state index contributed by atoms with van der Waals surface area (Å²) in [5.74, 6) is -0.595. The standard InChI is InChI=1S/C6H15NO4S/c1-7(2,3)4-6(8)5-12(9,10)11/h6,8H,4-5H2,1-3H3/p+1. The van der Waals surface area contributed by atoms with Crippen LogP contribution in [-0.2, 0) is 10.1 Å². The molecule has 74 valence electrons. The first-order chi connectivity index (χ1) is 5.10. The van der Waals surface area contributed by atoms with E-state index < -0.39 is 22.0 Å². The van der Waals surface area contributed by atoms with Gasteiger partial charge in [-0.3, -0.25) is 4.55 Å². The second-order valence-electron chi connectivity index (χ2n) is 3.88. The molecule has 0 bridgehead atoms. The highest BCUT2D eigenvalue weighted by molar-refractivity contribution is 7.85. The molecule has 0 aromatic carbocycles. The van der Waals surface area contributed by atoms with Crippen molar-refractivity contribution in [1.82, 2.24) is 0 Å². The zero-order valence-corrected chi connectivity index (χ0v) is 8.37. The number of likely N-dealkylation sites (N-methyl/N-ethyl adjacent to an activating group) is 1. The first-order valence-corrected chi connectivity index (χ1v) is 5.15. The van der Waals surface area contributed by atoms with Crippen molar-refractivity contribution in [1.29, 1.82) is 0 Å². The van der Waals surface area contributed by atoms with Crippen LogP contribution in [0.15, 0.2) is 0 Å². The fourth-order valence-electron chi connectivity index (χ4n) is 0.928. The van der Waals surface area contributed by atoms with Crippen molar-refractivity contribution in [2.75, 3.05) is 33.4 Å². The van der Waals surface area contributed by atoms with Crippen LogP contribution < -0.4 is 0 Å². The van der Waals surface area contributed by atoms with Crippen molar-refractivity contribution in [2.24, 2.45) is 0 Å². The Kier molecular flexibility index (Phi) is 3.64. The third-order valence-corrected chi connectivity index (χ3v) is 1.97. The van der Waals surface area contributed by atoms with Crippen molar-refractivity contribution in [3.8, 4) is 0 Å². The van der Waals surface area contributed by atoms with Gasteiger partial charge in [0, 0.05) is 0 Å². The highest BCUT2D eigenvalue weighted by Gasteiger charge is 2.20. The number of hydrogen-bond donors (Lipinski definition) is 2. The lowest BCUT2D eigenvalue weighted by Crippen LogP contribution is -2.43. The lowest BCUT2D eigenvalue weighted by molar-refractivity contribution is -0.873. The summed E-state index contributed by atoms with van der Waals surface area (Å²) < 4.78 is 29.5. The molecule has 1 unspecified atom stereocenters. The second kappa shape index (κ2) is 3.69. The summed E-state index contributed by atoms with van der Waals surface area (Å²) in [5.41, 5.74) is 0. The molecule has 6 heteroatoms. The monoisotopic (exact) mass is 198 g/mol. The molecule has 0 aromatic heterocycles. The van der Waals surface area contributed by atoms with E-state index in [0.717, 1.165) is 0 Å². The van der Waals surface area contributed by atoms with Crippen LogP contribution >= 0.6 is 0 Å². The molecular weight excluding hydrogens is 182 g/mol. The van der Waals surface area contributed by atoms with Crippen LogP contribution in [0.1, 0.15) is 0 Å². The van der Waals surface area contributed by atoms with E-state index in [1.807, 2.05) is 21.1 Å². The Morgan fingerprint density at radius 3 is 2.00 bits per heavy atom. The zero-order valence-electron chi connectivity index (χ0n) is 7.56. The molecule has 0 aromatic rings. The van der Waals surface area contributed by atoms with E-state index >= 15 is 0 Å².